The van der Waals surface area contributed by atoms with Crippen LogP contribution in [-0.4, -0.2) is 27.5 Å². The molecule has 2 rings (SSSR count). The number of aromatic nitrogens is 1. The van der Waals surface area contributed by atoms with E-state index in [9.17, 15) is 4.21 Å². The van der Waals surface area contributed by atoms with E-state index in [1.165, 1.54) is 0 Å². The second-order valence-electron chi connectivity index (χ2n) is 3.50. The molecule has 1 saturated heterocycles. The van der Waals surface area contributed by atoms with Crippen LogP contribution in [0.1, 0.15) is 12.0 Å². The zero-order valence-corrected chi connectivity index (χ0v) is 10.0. The van der Waals surface area contributed by atoms with Crippen molar-refractivity contribution in [1.29, 1.82) is 0 Å². The van der Waals surface area contributed by atoms with Crippen LogP contribution in [0.3, 0.4) is 0 Å². The lowest BCUT2D eigenvalue weighted by molar-refractivity contribution is 0.672. The summed E-state index contributed by atoms with van der Waals surface area (Å²) in [4.78, 5) is 4.01. The molecule has 1 aromatic rings. The molecule has 0 bridgehead atoms. The summed E-state index contributed by atoms with van der Waals surface area (Å²) in [7, 11) is -0.749. The number of nitrogens with one attached hydrogen (secondary N) is 1. The van der Waals surface area contributed by atoms with E-state index in [0.717, 1.165) is 25.1 Å². The average molecular weight is 247 g/mol. The van der Waals surface area contributed by atoms with Gasteiger partial charge in [0.1, 0.15) is 0 Å². The third-order valence-electron chi connectivity index (χ3n) is 2.42. The van der Waals surface area contributed by atoms with Crippen molar-refractivity contribution in [2.45, 2.75) is 17.4 Å². The van der Waals surface area contributed by atoms with Crippen molar-refractivity contribution < 1.29 is 4.21 Å². The van der Waals surface area contributed by atoms with Gasteiger partial charge < -0.3 is 5.32 Å². The summed E-state index contributed by atoms with van der Waals surface area (Å²) >= 11 is 0. The van der Waals surface area contributed by atoms with Gasteiger partial charge in [0, 0.05) is 35.0 Å². The predicted octanol–water partition coefficient (Wildman–Crippen LogP) is 1.11. The third kappa shape index (κ3) is 3.55. The second-order valence-corrected chi connectivity index (χ2v) is 5.22. The number of hydrogen-bond acceptors (Lipinski definition) is 3. The van der Waals surface area contributed by atoms with E-state index in [-0.39, 0.29) is 12.4 Å². The van der Waals surface area contributed by atoms with Gasteiger partial charge in [0.05, 0.1) is 5.75 Å². The van der Waals surface area contributed by atoms with Crippen LogP contribution in [0.15, 0.2) is 24.5 Å². The fourth-order valence-corrected chi connectivity index (χ4v) is 3.04. The molecule has 84 valence electrons. The van der Waals surface area contributed by atoms with Crippen LogP contribution < -0.4 is 5.32 Å². The molecule has 1 aliphatic rings. The molecule has 3 nitrogen and oxygen atoms in total. The summed E-state index contributed by atoms with van der Waals surface area (Å²) in [5.41, 5.74) is 1.07. The van der Waals surface area contributed by atoms with Gasteiger partial charge in [-0.3, -0.25) is 9.19 Å². The van der Waals surface area contributed by atoms with Gasteiger partial charge in [0.15, 0.2) is 0 Å². The van der Waals surface area contributed by atoms with Crippen molar-refractivity contribution in [3.63, 3.8) is 0 Å². The van der Waals surface area contributed by atoms with Crippen molar-refractivity contribution in [2.24, 2.45) is 0 Å². The molecule has 1 aromatic heterocycles. The maximum atomic E-state index is 11.9. The maximum absolute atomic E-state index is 11.9. The Bertz CT molecular complexity index is 314. The van der Waals surface area contributed by atoms with Gasteiger partial charge in [0.25, 0.3) is 0 Å². The van der Waals surface area contributed by atoms with E-state index in [0.29, 0.717) is 11.0 Å². The van der Waals surface area contributed by atoms with Gasteiger partial charge in [-0.05, 0) is 24.6 Å². The highest BCUT2D eigenvalue weighted by Gasteiger charge is 2.20. The molecule has 0 saturated carbocycles. The SMILES string of the molecule is Cl.O=[S@](Cc1cccnc1)[C@H]1CCNC1. The summed E-state index contributed by atoms with van der Waals surface area (Å²) in [5, 5.41) is 3.56. The molecule has 2 heterocycles. The highest BCUT2D eigenvalue weighted by atomic mass is 35.5. The summed E-state index contributed by atoms with van der Waals surface area (Å²) in [6.07, 6.45) is 4.57. The first-order valence-corrected chi connectivity index (χ1v) is 6.21. The number of halogens is 1. The lowest BCUT2D eigenvalue weighted by atomic mass is 10.3. The van der Waals surface area contributed by atoms with E-state index in [1.807, 2.05) is 12.1 Å². The standard InChI is InChI=1S/C10H14N2OS.ClH/c13-14(10-3-5-12-7-10)8-9-2-1-4-11-6-9;/h1-2,4,6,10,12H,3,5,7-8H2;1H/t10-,14+;/m0./s1. The quantitative estimate of drug-likeness (QED) is 0.869. The summed E-state index contributed by atoms with van der Waals surface area (Å²) < 4.78 is 11.9. The molecule has 0 aliphatic carbocycles. The highest BCUT2D eigenvalue weighted by Crippen LogP contribution is 2.11. The van der Waals surface area contributed by atoms with Crippen molar-refractivity contribution in [2.75, 3.05) is 13.1 Å². The van der Waals surface area contributed by atoms with Crippen molar-refractivity contribution in [1.82, 2.24) is 10.3 Å². The molecule has 0 unspecified atom stereocenters. The third-order valence-corrected chi connectivity index (χ3v) is 4.18. The minimum atomic E-state index is -0.749. The molecule has 2 atom stereocenters. The number of hydrogen-bond donors (Lipinski definition) is 1. The second kappa shape index (κ2) is 6.20. The minimum Gasteiger partial charge on any atom is -0.315 e. The topological polar surface area (TPSA) is 42.0 Å². The van der Waals surface area contributed by atoms with Crippen LogP contribution in [0.2, 0.25) is 0 Å². The fraction of sp³-hybridized carbons (Fsp3) is 0.500. The first kappa shape index (κ1) is 12.6. The summed E-state index contributed by atoms with van der Waals surface area (Å²) in [6.45, 7) is 1.90. The fourth-order valence-electron chi connectivity index (χ4n) is 1.62. The van der Waals surface area contributed by atoms with Crippen molar-refractivity contribution in [3.8, 4) is 0 Å². The molecule has 1 fully saturated rings. The lowest BCUT2D eigenvalue weighted by Crippen LogP contribution is -2.19. The van der Waals surface area contributed by atoms with E-state index in [4.69, 9.17) is 0 Å². The summed E-state index contributed by atoms with van der Waals surface area (Å²) in [5.74, 6) is 0.639. The van der Waals surface area contributed by atoms with Crippen LogP contribution >= 0.6 is 12.4 Å². The Kier molecular flexibility index (Phi) is 5.22. The first-order chi connectivity index (χ1) is 6.86. The Morgan fingerprint density at radius 2 is 2.47 bits per heavy atom. The normalized spacial score (nSPS) is 22.0. The molecule has 0 radical (unpaired) electrons. The van der Waals surface area contributed by atoms with E-state index >= 15 is 0 Å². The average Bonchev–Trinajstić information content (AvgIpc) is 2.72. The van der Waals surface area contributed by atoms with E-state index in [1.54, 1.807) is 12.4 Å². The number of nitrogens with zero attached hydrogens (tertiary/aromatic N) is 1. The molecule has 0 aromatic carbocycles. The maximum Gasteiger partial charge on any atom is 0.0504 e. The molecule has 5 heteroatoms. The van der Waals surface area contributed by atoms with Gasteiger partial charge in [-0.15, -0.1) is 12.4 Å². The van der Waals surface area contributed by atoms with Crippen LogP contribution in [0.25, 0.3) is 0 Å². The summed E-state index contributed by atoms with van der Waals surface area (Å²) in [6, 6.07) is 3.87. The van der Waals surface area contributed by atoms with E-state index < -0.39 is 10.8 Å². The molecule has 15 heavy (non-hydrogen) atoms. The Hall–Kier alpha value is -0.450. The molecule has 1 N–H and O–H groups in total. The van der Waals surface area contributed by atoms with Crippen molar-refractivity contribution >= 4 is 23.2 Å². The zero-order chi connectivity index (χ0) is 9.80. The zero-order valence-electron chi connectivity index (χ0n) is 8.39. The smallest absolute Gasteiger partial charge is 0.0504 e. The monoisotopic (exact) mass is 246 g/mol. The highest BCUT2D eigenvalue weighted by molar-refractivity contribution is 7.84. The molecule has 1 aliphatic heterocycles. The van der Waals surface area contributed by atoms with Crippen LogP contribution in [0, 0.1) is 0 Å². The Morgan fingerprint density at radius 3 is 3.07 bits per heavy atom. The van der Waals surface area contributed by atoms with E-state index in [2.05, 4.69) is 10.3 Å². The van der Waals surface area contributed by atoms with Gasteiger partial charge in [-0.2, -0.15) is 0 Å². The number of pyridine rings is 1. The molecular formula is C10H15ClN2OS. The van der Waals surface area contributed by atoms with Gasteiger partial charge in [-0.1, -0.05) is 6.07 Å². The van der Waals surface area contributed by atoms with Crippen molar-refractivity contribution in [3.05, 3.63) is 30.1 Å². The lowest BCUT2D eigenvalue weighted by Gasteiger charge is -2.07. The Labute approximate surface area is 98.5 Å². The van der Waals surface area contributed by atoms with Crippen LogP contribution in [-0.2, 0) is 16.6 Å². The first-order valence-electron chi connectivity index (χ1n) is 4.83. The van der Waals surface area contributed by atoms with Gasteiger partial charge in [0.2, 0.25) is 0 Å². The molecule has 0 spiro atoms. The van der Waals surface area contributed by atoms with Crippen LogP contribution in [0.5, 0.6) is 0 Å². The van der Waals surface area contributed by atoms with Crippen LogP contribution in [0.4, 0.5) is 0 Å². The van der Waals surface area contributed by atoms with Gasteiger partial charge >= 0.3 is 0 Å². The molecular weight excluding hydrogens is 232 g/mol. The molecule has 0 amide bonds. The number of rotatable bonds is 3. The largest absolute Gasteiger partial charge is 0.315 e. The van der Waals surface area contributed by atoms with Gasteiger partial charge in [-0.25, -0.2) is 0 Å². The Balaban J connectivity index is 0.00000112. The Morgan fingerprint density at radius 1 is 1.60 bits per heavy atom. The minimum absolute atomic E-state index is 0. The predicted molar refractivity (Wildman–Crippen MR) is 64.6 cm³/mol.